The maximum Gasteiger partial charge on any atom is 0.101 e. The van der Waals surface area contributed by atoms with Gasteiger partial charge in [0.15, 0.2) is 0 Å². The highest BCUT2D eigenvalue weighted by molar-refractivity contribution is 7.14. The number of aliphatic imine (C=N–C) groups is 1. The van der Waals surface area contributed by atoms with Gasteiger partial charge in [-0.3, -0.25) is 4.99 Å². The lowest BCUT2D eigenvalue weighted by Crippen LogP contribution is -1.84. The Bertz CT molecular complexity index is 286. The van der Waals surface area contributed by atoms with Crippen molar-refractivity contribution in [2.75, 3.05) is 5.32 Å². The molecule has 1 aromatic rings. The summed E-state index contributed by atoms with van der Waals surface area (Å²) < 4.78 is 0. The van der Waals surface area contributed by atoms with Crippen molar-refractivity contribution in [2.45, 2.75) is 13.8 Å². The fraction of sp³-hybridized carbons (Fsp3) is 0.222. The molecule has 1 aliphatic heterocycles. The first kappa shape index (κ1) is 9.00. The van der Waals surface area contributed by atoms with Crippen LogP contribution in [-0.4, -0.2) is 6.21 Å². The molecule has 1 aliphatic rings. The molecule has 0 bridgehead atoms. The zero-order valence-electron chi connectivity index (χ0n) is 7.24. The van der Waals surface area contributed by atoms with E-state index in [1.54, 1.807) is 17.5 Å². The van der Waals surface area contributed by atoms with Crippen LogP contribution in [0.25, 0.3) is 0 Å². The van der Waals surface area contributed by atoms with Crippen LogP contribution in [0.15, 0.2) is 28.8 Å². The van der Waals surface area contributed by atoms with Crippen LogP contribution in [0, 0.1) is 0 Å². The third kappa shape index (κ3) is 1.95. The first-order valence-electron chi connectivity index (χ1n) is 3.99. The molecule has 0 amide bonds. The standard InChI is InChI=1S/C7H6N2S.C2H6/c1-4-10-7-6(1)5-8-2-3-9-7;1-2/h1-5,9H;1-2H3. The van der Waals surface area contributed by atoms with Gasteiger partial charge >= 0.3 is 0 Å². The highest BCUT2D eigenvalue weighted by Gasteiger charge is 1.99. The first-order valence-corrected chi connectivity index (χ1v) is 4.87. The molecule has 0 saturated carbocycles. The van der Waals surface area contributed by atoms with E-state index >= 15 is 0 Å². The summed E-state index contributed by atoms with van der Waals surface area (Å²) in [7, 11) is 0. The van der Waals surface area contributed by atoms with Crippen molar-refractivity contribution in [2.24, 2.45) is 4.99 Å². The topological polar surface area (TPSA) is 24.4 Å². The smallest absolute Gasteiger partial charge is 0.101 e. The number of fused-ring (bicyclic) bond motifs is 1. The van der Waals surface area contributed by atoms with Crippen LogP contribution in [0.5, 0.6) is 0 Å². The third-order valence-electron chi connectivity index (χ3n) is 1.28. The molecule has 1 aromatic heterocycles. The van der Waals surface area contributed by atoms with E-state index in [9.17, 15) is 0 Å². The van der Waals surface area contributed by atoms with Gasteiger partial charge in [0, 0.05) is 24.2 Å². The lowest BCUT2D eigenvalue weighted by atomic mass is 10.3. The Hall–Kier alpha value is -1.09. The lowest BCUT2D eigenvalue weighted by molar-refractivity contribution is 1.50. The predicted molar refractivity (Wildman–Crippen MR) is 56.0 cm³/mol. The molecule has 0 aliphatic carbocycles. The molecule has 0 radical (unpaired) electrons. The summed E-state index contributed by atoms with van der Waals surface area (Å²) in [5.74, 6) is 0. The van der Waals surface area contributed by atoms with E-state index in [0.29, 0.717) is 0 Å². The fourth-order valence-corrected chi connectivity index (χ4v) is 1.56. The van der Waals surface area contributed by atoms with Crippen molar-refractivity contribution in [1.82, 2.24) is 0 Å². The largest absolute Gasteiger partial charge is 0.351 e. The van der Waals surface area contributed by atoms with Crippen molar-refractivity contribution in [1.29, 1.82) is 0 Å². The van der Waals surface area contributed by atoms with E-state index in [-0.39, 0.29) is 0 Å². The second kappa shape index (κ2) is 4.72. The molecule has 0 unspecified atom stereocenters. The molecule has 0 spiro atoms. The predicted octanol–water partition coefficient (Wildman–Crippen LogP) is 3.09. The van der Waals surface area contributed by atoms with E-state index < -0.39 is 0 Å². The van der Waals surface area contributed by atoms with Gasteiger partial charge in [0.1, 0.15) is 5.00 Å². The minimum absolute atomic E-state index is 1.16. The van der Waals surface area contributed by atoms with Gasteiger partial charge in [-0.15, -0.1) is 11.3 Å². The van der Waals surface area contributed by atoms with Crippen LogP contribution in [0.2, 0.25) is 0 Å². The molecule has 12 heavy (non-hydrogen) atoms. The van der Waals surface area contributed by atoms with E-state index in [0.717, 1.165) is 10.6 Å². The van der Waals surface area contributed by atoms with Crippen LogP contribution in [0.3, 0.4) is 0 Å². The Morgan fingerprint density at radius 3 is 3.08 bits per heavy atom. The summed E-state index contributed by atoms with van der Waals surface area (Å²) in [4.78, 5) is 4.02. The zero-order valence-corrected chi connectivity index (χ0v) is 8.06. The molecular weight excluding hydrogens is 168 g/mol. The van der Waals surface area contributed by atoms with Crippen LogP contribution in [0.1, 0.15) is 19.4 Å². The molecule has 2 nitrogen and oxygen atoms in total. The summed E-state index contributed by atoms with van der Waals surface area (Å²) >= 11 is 1.69. The summed E-state index contributed by atoms with van der Waals surface area (Å²) in [5.41, 5.74) is 1.16. The highest BCUT2D eigenvalue weighted by atomic mass is 32.1. The van der Waals surface area contributed by atoms with Crippen LogP contribution < -0.4 is 5.32 Å². The van der Waals surface area contributed by atoms with Gasteiger partial charge in [-0.05, 0) is 11.4 Å². The Kier molecular flexibility index (Phi) is 3.54. The van der Waals surface area contributed by atoms with Crippen molar-refractivity contribution in [3.8, 4) is 0 Å². The molecule has 2 heterocycles. The molecule has 0 aromatic carbocycles. The SMILES string of the molecule is C1=CNc2sccc2C=N1.CC. The maximum atomic E-state index is 4.02. The molecule has 0 saturated heterocycles. The molecule has 2 rings (SSSR count). The number of nitrogens with zero attached hydrogens (tertiary/aromatic N) is 1. The second-order valence-corrected chi connectivity index (χ2v) is 2.86. The van der Waals surface area contributed by atoms with Crippen LogP contribution >= 0.6 is 11.3 Å². The van der Waals surface area contributed by atoms with Crippen LogP contribution in [-0.2, 0) is 0 Å². The Balaban J connectivity index is 0.000000336. The average molecular weight is 180 g/mol. The fourth-order valence-electron chi connectivity index (χ4n) is 0.817. The van der Waals surface area contributed by atoms with Crippen LogP contribution in [0.4, 0.5) is 5.00 Å². The second-order valence-electron chi connectivity index (χ2n) is 1.94. The Morgan fingerprint density at radius 1 is 1.42 bits per heavy atom. The number of hydrogen-bond acceptors (Lipinski definition) is 3. The van der Waals surface area contributed by atoms with Crippen molar-refractivity contribution in [3.63, 3.8) is 0 Å². The quantitative estimate of drug-likeness (QED) is 0.652. The van der Waals surface area contributed by atoms with Gasteiger partial charge < -0.3 is 5.32 Å². The summed E-state index contributed by atoms with van der Waals surface area (Å²) in [6.07, 6.45) is 5.42. The molecular formula is C9H12N2S. The summed E-state index contributed by atoms with van der Waals surface area (Å²) in [5, 5.41) is 6.33. The number of rotatable bonds is 0. The van der Waals surface area contributed by atoms with E-state index in [1.165, 1.54) is 0 Å². The van der Waals surface area contributed by atoms with Crippen molar-refractivity contribution >= 4 is 22.6 Å². The maximum absolute atomic E-state index is 4.02. The third-order valence-corrected chi connectivity index (χ3v) is 2.15. The van der Waals surface area contributed by atoms with Gasteiger partial charge in [0.2, 0.25) is 0 Å². The van der Waals surface area contributed by atoms with Gasteiger partial charge in [0.05, 0.1) is 0 Å². The molecule has 0 atom stereocenters. The Labute approximate surface area is 76.7 Å². The van der Waals surface area contributed by atoms with Gasteiger partial charge in [0.25, 0.3) is 0 Å². The minimum Gasteiger partial charge on any atom is -0.351 e. The minimum atomic E-state index is 1.16. The van der Waals surface area contributed by atoms with E-state index in [1.807, 2.05) is 37.7 Å². The number of hydrogen-bond donors (Lipinski definition) is 1. The molecule has 3 heteroatoms. The number of thiophene rings is 1. The van der Waals surface area contributed by atoms with Crippen molar-refractivity contribution in [3.05, 3.63) is 29.4 Å². The number of nitrogens with one attached hydrogen (secondary N) is 1. The zero-order chi connectivity index (χ0) is 8.81. The van der Waals surface area contributed by atoms with E-state index in [2.05, 4.69) is 10.3 Å². The lowest BCUT2D eigenvalue weighted by Gasteiger charge is -1.92. The van der Waals surface area contributed by atoms with Gasteiger partial charge in [-0.2, -0.15) is 0 Å². The molecule has 1 N–H and O–H groups in total. The normalized spacial score (nSPS) is 12.2. The summed E-state index contributed by atoms with van der Waals surface area (Å²) in [6, 6.07) is 2.05. The number of anilines is 1. The van der Waals surface area contributed by atoms with Gasteiger partial charge in [-0.25, -0.2) is 0 Å². The molecule has 64 valence electrons. The van der Waals surface area contributed by atoms with Crippen molar-refractivity contribution < 1.29 is 0 Å². The van der Waals surface area contributed by atoms with E-state index in [4.69, 9.17) is 0 Å². The first-order chi connectivity index (χ1) is 5.97. The Morgan fingerprint density at radius 2 is 2.25 bits per heavy atom. The summed E-state index contributed by atoms with van der Waals surface area (Å²) in [6.45, 7) is 4.00. The van der Waals surface area contributed by atoms with Gasteiger partial charge in [-0.1, -0.05) is 13.8 Å². The average Bonchev–Trinajstić information content (AvgIpc) is 2.46. The highest BCUT2D eigenvalue weighted by Crippen LogP contribution is 2.22. The molecule has 0 fully saturated rings. The monoisotopic (exact) mass is 180 g/mol.